The van der Waals surface area contributed by atoms with Gasteiger partial charge >= 0.3 is 0 Å². The van der Waals surface area contributed by atoms with Crippen molar-refractivity contribution in [2.24, 2.45) is 5.41 Å². The Balaban J connectivity index is 2.42. The summed E-state index contributed by atoms with van der Waals surface area (Å²) < 4.78 is 0. The fourth-order valence-electron chi connectivity index (χ4n) is 4.45. The van der Waals surface area contributed by atoms with Crippen LogP contribution in [0.3, 0.4) is 0 Å². The number of carbonyl (C=O) groups excluding carboxylic acids is 1. The van der Waals surface area contributed by atoms with E-state index < -0.39 is 0 Å². The first kappa shape index (κ1) is 13.0. The first-order valence-corrected chi connectivity index (χ1v) is 6.76. The van der Waals surface area contributed by atoms with Crippen molar-refractivity contribution in [2.75, 3.05) is 13.6 Å². The highest BCUT2D eigenvalue weighted by Crippen LogP contribution is 2.48. The molecule has 0 saturated carbocycles. The normalized spacial score (nSPS) is 37.7. The quantitative estimate of drug-likeness (QED) is 0.732. The van der Waals surface area contributed by atoms with Crippen molar-refractivity contribution in [1.29, 1.82) is 0 Å². The SMILES string of the molecule is CC(=O)C1N(C(C)C)C2CCN(C)C2C1(C)C. The van der Waals surface area contributed by atoms with Gasteiger partial charge in [-0.15, -0.1) is 0 Å². The van der Waals surface area contributed by atoms with Crippen LogP contribution in [0.25, 0.3) is 0 Å². The van der Waals surface area contributed by atoms with Crippen LogP contribution in [0.4, 0.5) is 0 Å². The van der Waals surface area contributed by atoms with E-state index in [2.05, 4.69) is 44.5 Å². The molecule has 0 bridgehead atoms. The van der Waals surface area contributed by atoms with Gasteiger partial charge in [0.15, 0.2) is 0 Å². The van der Waals surface area contributed by atoms with Crippen LogP contribution in [0.1, 0.15) is 41.0 Å². The summed E-state index contributed by atoms with van der Waals surface area (Å²) in [6, 6.07) is 1.62. The van der Waals surface area contributed by atoms with Gasteiger partial charge in [0, 0.05) is 23.5 Å². The third kappa shape index (κ3) is 1.75. The largest absolute Gasteiger partial charge is 0.301 e. The summed E-state index contributed by atoms with van der Waals surface area (Å²) in [5.74, 6) is 0.325. The topological polar surface area (TPSA) is 23.6 Å². The van der Waals surface area contributed by atoms with Crippen molar-refractivity contribution in [3.63, 3.8) is 0 Å². The molecule has 2 saturated heterocycles. The van der Waals surface area contributed by atoms with Crippen LogP contribution in [0.15, 0.2) is 0 Å². The highest BCUT2D eigenvalue weighted by Gasteiger charge is 2.59. The summed E-state index contributed by atoms with van der Waals surface area (Å²) >= 11 is 0. The van der Waals surface area contributed by atoms with Crippen LogP contribution in [0, 0.1) is 5.41 Å². The van der Waals surface area contributed by atoms with Gasteiger partial charge in [0.2, 0.25) is 0 Å². The molecule has 17 heavy (non-hydrogen) atoms. The molecule has 2 fully saturated rings. The van der Waals surface area contributed by atoms with Crippen LogP contribution in [0.5, 0.6) is 0 Å². The van der Waals surface area contributed by atoms with E-state index in [-0.39, 0.29) is 11.5 Å². The van der Waals surface area contributed by atoms with Crippen molar-refractivity contribution >= 4 is 5.78 Å². The summed E-state index contributed by atoms with van der Waals surface area (Å²) in [6.07, 6.45) is 1.20. The zero-order chi connectivity index (χ0) is 13.0. The summed E-state index contributed by atoms with van der Waals surface area (Å²) in [7, 11) is 2.20. The Morgan fingerprint density at radius 3 is 2.41 bits per heavy atom. The minimum absolute atomic E-state index is 0.0615. The first-order chi connectivity index (χ1) is 7.78. The van der Waals surface area contributed by atoms with Gasteiger partial charge in [-0.1, -0.05) is 13.8 Å². The molecule has 2 rings (SSSR count). The highest BCUT2D eigenvalue weighted by atomic mass is 16.1. The molecule has 2 heterocycles. The number of fused-ring (bicyclic) bond motifs is 1. The molecule has 0 radical (unpaired) electrons. The molecule has 2 aliphatic rings. The zero-order valence-electron chi connectivity index (χ0n) is 12.0. The van der Waals surface area contributed by atoms with Crippen LogP contribution in [-0.4, -0.2) is 53.3 Å². The number of Topliss-reactive ketones (excluding diaryl/α,β-unsaturated/α-hetero) is 1. The summed E-state index contributed by atoms with van der Waals surface area (Å²) in [4.78, 5) is 17.0. The van der Waals surface area contributed by atoms with E-state index in [1.165, 1.54) is 6.42 Å². The maximum absolute atomic E-state index is 12.1. The second-order valence-electron chi connectivity index (χ2n) is 6.66. The van der Waals surface area contributed by atoms with Crippen molar-refractivity contribution in [3.05, 3.63) is 0 Å². The van der Waals surface area contributed by atoms with Gasteiger partial charge in [0.25, 0.3) is 0 Å². The second-order valence-corrected chi connectivity index (χ2v) is 6.66. The molecule has 0 N–H and O–H groups in total. The number of hydrogen-bond acceptors (Lipinski definition) is 3. The zero-order valence-corrected chi connectivity index (χ0v) is 12.0. The minimum Gasteiger partial charge on any atom is -0.301 e. The molecule has 0 aromatic carbocycles. The molecule has 0 aromatic heterocycles. The van der Waals surface area contributed by atoms with E-state index in [0.717, 1.165) is 6.54 Å². The Kier molecular flexibility index (Phi) is 3.11. The average Bonchev–Trinajstić information content (AvgIpc) is 2.64. The number of carbonyl (C=O) groups is 1. The first-order valence-electron chi connectivity index (χ1n) is 6.76. The molecule has 3 nitrogen and oxygen atoms in total. The Morgan fingerprint density at radius 2 is 1.94 bits per heavy atom. The van der Waals surface area contributed by atoms with E-state index in [9.17, 15) is 4.79 Å². The van der Waals surface area contributed by atoms with E-state index in [1.54, 1.807) is 6.92 Å². The molecule has 0 amide bonds. The van der Waals surface area contributed by atoms with E-state index in [0.29, 0.717) is 23.9 Å². The molecule has 0 aliphatic carbocycles. The minimum atomic E-state index is 0.0615. The van der Waals surface area contributed by atoms with Crippen LogP contribution in [0.2, 0.25) is 0 Å². The summed E-state index contributed by atoms with van der Waals surface area (Å²) in [6.45, 7) is 11.9. The van der Waals surface area contributed by atoms with E-state index >= 15 is 0 Å². The molecule has 3 heteroatoms. The predicted octanol–water partition coefficient (Wildman–Crippen LogP) is 1.77. The van der Waals surface area contributed by atoms with Crippen LogP contribution in [-0.2, 0) is 4.79 Å². The smallest absolute Gasteiger partial charge is 0.147 e. The third-order valence-electron chi connectivity index (χ3n) is 4.75. The standard InChI is InChI=1S/C14H26N2O/c1-9(2)16-11-7-8-15(6)13(11)14(4,5)12(16)10(3)17/h9,11-13H,7-8H2,1-6H3. The highest BCUT2D eigenvalue weighted by molar-refractivity contribution is 5.83. The van der Waals surface area contributed by atoms with Crippen LogP contribution >= 0.6 is 0 Å². The fourth-order valence-corrected chi connectivity index (χ4v) is 4.45. The number of likely N-dealkylation sites (N-methyl/N-ethyl adjacent to an activating group) is 1. The lowest BCUT2D eigenvalue weighted by molar-refractivity contribution is -0.125. The predicted molar refractivity (Wildman–Crippen MR) is 70.0 cm³/mol. The number of nitrogens with zero attached hydrogens (tertiary/aromatic N) is 2. The molecule has 3 unspecified atom stereocenters. The number of ketones is 1. The van der Waals surface area contributed by atoms with Crippen molar-refractivity contribution in [2.45, 2.75) is 65.2 Å². The van der Waals surface area contributed by atoms with E-state index in [4.69, 9.17) is 0 Å². The van der Waals surface area contributed by atoms with Gasteiger partial charge in [0.05, 0.1) is 6.04 Å². The van der Waals surface area contributed by atoms with E-state index in [1.807, 2.05) is 0 Å². The second kappa shape index (κ2) is 4.06. The third-order valence-corrected chi connectivity index (χ3v) is 4.75. The molecule has 0 aromatic rings. The van der Waals surface area contributed by atoms with Gasteiger partial charge in [0.1, 0.15) is 5.78 Å². The number of hydrogen-bond donors (Lipinski definition) is 0. The lowest BCUT2D eigenvalue weighted by atomic mass is 9.78. The summed E-state index contributed by atoms with van der Waals surface area (Å²) in [5.41, 5.74) is 0.0615. The van der Waals surface area contributed by atoms with Crippen molar-refractivity contribution in [3.8, 4) is 0 Å². The Morgan fingerprint density at radius 1 is 1.35 bits per heavy atom. The summed E-state index contributed by atoms with van der Waals surface area (Å²) in [5, 5.41) is 0. The molecule has 2 aliphatic heterocycles. The molecular formula is C14H26N2O. The van der Waals surface area contributed by atoms with Gasteiger partial charge in [-0.3, -0.25) is 9.69 Å². The van der Waals surface area contributed by atoms with Gasteiger partial charge in [-0.2, -0.15) is 0 Å². The van der Waals surface area contributed by atoms with Gasteiger partial charge in [-0.05, 0) is 40.8 Å². The molecule has 3 atom stereocenters. The van der Waals surface area contributed by atoms with Gasteiger partial charge in [-0.25, -0.2) is 0 Å². The lowest BCUT2D eigenvalue weighted by Gasteiger charge is -2.37. The maximum Gasteiger partial charge on any atom is 0.147 e. The maximum atomic E-state index is 12.1. The fraction of sp³-hybridized carbons (Fsp3) is 0.929. The number of rotatable bonds is 2. The van der Waals surface area contributed by atoms with Gasteiger partial charge < -0.3 is 4.90 Å². The van der Waals surface area contributed by atoms with Crippen molar-refractivity contribution in [1.82, 2.24) is 9.80 Å². The van der Waals surface area contributed by atoms with Crippen LogP contribution < -0.4 is 0 Å². The molecule has 98 valence electrons. The Labute approximate surface area is 105 Å². The lowest BCUT2D eigenvalue weighted by Crippen LogP contribution is -2.49. The number of likely N-dealkylation sites (tertiary alicyclic amines) is 2. The molecule has 0 spiro atoms. The van der Waals surface area contributed by atoms with Crippen molar-refractivity contribution < 1.29 is 4.79 Å². The average molecular weight is 238 g/mol. The Hall–Kier alpha value is -0.410. The Bertz CT molecular complexity index is 324. The molecular weight excluding hydrogens is 212 g/mol. The monoisotopic (exact) mass is 238 g/mol.